The van der Waals surface area contributed by atoms with E-state index in [0.29, 0.717) is 50.1 Å². The molecule has 0 bridgehead atoms. The third-order valence-corrected chi connectivity index (χ3v) is 8.08. The molecule has 1 fully saturated rings. The highest BCUT2D eigenvalue weighted by Gasteiger charge is 2.47. The summed E-state index contributed by atoms with van der Waals surface area (Å²) in [7, 11) is 1.55. The van der Waals surface area contributed by atoms with Crippen LogP contribution in [0.3, 0.4) is 0 Å². The van der Waals surface area contributed by atoms with Crippen LogP contribution in [0.15, 0.2) is 78.9 Å². The number of carbonyl (C=O) groups is 3. The molecule has 0 saturated carbocycles. The van der Waals surface area contributed by atoms with E-state index in [-0.39, 0.29) is 23.8 Å². The summed E-state index contributed by atoms with van der Waals surface area (Å²) in [6.45, 7) is 1.13. The molecule has 1 aliphatic carbocycles. The minimum absolute atomic E-state index is 0.0179. The zero-order chi connectivity index (χ0) is 26.7. The first kappa shape index (κ1) is 25.5. The Morgan fingerprint density at radius 1 is 0.895 bits per heavy atom. The molecule has 1 aliphatic heterocycles. The van der Waals surface area contributed by atoms with E-state index in [1.54, 1.807) is 19.2 Å². The maximum Gasteiger partial charge on any atom is 0.255 e. The number of fused-ring (bicyclic) bond motifs is 1. The Morgan fingerprint density at radius 2 is 1.55 bits per heavy atom. The number of hydrogen-bond donors (Lipinski definition) is 2. The molecule has 2 aliphatic rings. The average molecular weight is 512 g/mol. The maximum atomic E-state index is 13.8. The molecule has 1 saturated heterocycles. The average Bonchev–Trinajstić information content (AvgIpc) is 2.97. The van der Waals surface area contributed by atoms with Crippen molar-refractivity contribution in [3.8, 4) is 5.75 Å². The van der Waals surface area contributed by atoms with Gasteiger partial charge in [-0.3, -0.25) is 14.4 Å². The molecule has 2 atom stereocenters. The summed E-state index contributed by atoms with van der Waals surface area (Å²) in [6.07, 6.45) is 2.37. The topological polar surface area (TPSA) is 102 Å². The fourth-order valence-corrected chi connectivity index (χ4v) is 6.08. The largest absolute Gasteiger partial charge is 0.496 e. The van der Waals surface area contributed by atoms with Crippen LogP contribution in [0.25, 0.3) is 0 Å². The van der Waals surface area contributed by atoms with Crippen molar-refractivity contribution >= 4 is 17.7 Å². The number of primary amides is 1. The van der Waals surface area contributed by atoms with Crippen LogP contribution >= 0.6 is 0 Å². The molecule has 7 nitrogen and oxygen atoms in total. The highest BCUT2D eigenvalue weighted by atomic mass is 16.5. The quantitative estimate of drug-likeness (QED) is 0.526. The number of amides is 3. The lowest BCUT2D eigenvalue weighted by atomic mass is 9.62. The van der Waals surface area contributed by atoms with E-state index < -0.39 is 11.3 Å². The van der Waals surface area contributed by atoms with Crippen LogP contribution in [0.5, 0.6) is 5.75 Å². The van der Waals surface area contributed by atoms with Crippen LogP contribution in [0.1, 0.15) is 58.6 Å². The van der Waals surface area contributed by atoms with E-state index in [0.717, 1.165) is 16.7 Å². The van der Waals surface area contributed by atoms with Crippen LogP contribution in [-0.4, -0.2) is 48.9 Å². The summed E-state index contributed by atoms with van der Waals surface area (Å²) in [5.41, 5.74) is 8.15. The first-order chi connectivity index (χ1) is 18.5. The summed E-state index contributed by atoms with van der Waals surface area (Å²) >= 11 is 0. The van der Waals surface area contributed by atoms with E-state index in [1.807, 2.05) is 71.6 Å². The Hall–Kier alpha value is -4.13. The van der Waals surface area contributed by atoms with Crippen molar-refractivity contribution in [1.29, 1.82) is 0 Å². The first-order valence-electron chi connectivity index (χ1n) is 13.1. The number of ether oxygens (including phenoxy) is 1. The smallest absolute Gasteiger partial charge is 0.255 e. The monoisotopic (exact) mass is 511 g/mol. The minimum Gasteiger partial charge on any atom is -0.496 e. The minimum atomic E-state index is -0.954. The molecule has 38 heavy (non-hydrogen) atoms. The van der Waals surface area contributed by atoms with E-state index in [9.17, 15) is 14.4 Å². The molecule has 7 heteroatoms. The summed E-state index contributed by atoms with van der Waals surface area (Å²) in [5, 5.41) is 3.10. The molecule has 0 radical (unpaired) electrons. The molecule has 3 aromatic rings. The van der Waals surface area contributed by atoms with Gasteiger partial charge in [-0.1, -0.05) is 66.7 Å². The fraction of sp³-hybridized carbons (Fsp3) is 0.323. The van der Waals surface area contributed by atoms with Crippen LogP contribution in [-0.2, 0) is 15.0 Å². The molecule has 0 aromatic heterocycles. The number of rotatable bonds is 6. The number of nitrogens with zero attached hydrogens (tertiary/aromatic N) is 1. The summed E-state index contributed by atoms with van der Waals surface area (Å²) in [4.78, 5) is 41.5. The molecule has 3 amide bonds. The Labute approximate surface area is 223 Å². The number of para-hydroxylation sites is 1. The van der Waals surface area contributed by atoms with Crippen molar-refractivity contribution in [3.05, 3.63) is 101 Å². The van der Waals surface area contributed by atoms with E-state index in [2.05, 4.69) is 5.32 Å². The van der Waals surface area contributed by atoms with Crippen LogP contribution in [0.2, 0.25) is 0 Å². The van der Waals surface area contributed by atoms with Gasteiger partial charge in [0.1, 0.15) is 5.75 Å². The van der Waals surface area contributed by atoms with E-state index >= 15 is 0 Å². The molecule has 1 heterocycles. The van der Waals surface area contributed by atoms with Gasteiger partial charge in [0.25, 0.3) is 5.91 Å². The van der Waals surface area contributed by atoms with Crippen molar-refractivity contribution in [2.45, 2.75) is 43.1 Å². The second-order valence-corrected chi connectivity index (χ2v) is 10.1. The Morgan fingerprint density at radius 3 is 2.26 bits per heavy atom. The van der Waals surface area contributed by atoms with Gasteiger partial charge in [0.05, 0.1) is 24.0 Å². The predicted molar refractivity (Wildman–Crippen MR) is 145 cm³/mol. The van der Waals surface area contributed by atoms with Gasteiger partial charge in [0.15, 0.2) is 0 Å². The Bertz CT molecular complexity index is 1330. The number of benzene rings is 3. The molecule has 1 unspecified atom stereocenters. The second kappa shape index (κ2) is 10.7. The van der Waals surface area contributed by atoms with Crippen molar-refractivity contribution in [1.82, 2.24) is 10.2 Å². The predicted octanol–water partition coefficient (Wildman–Crippen LogP) is 3.77. The molecule has 3 aromatic carbocycles. The van der Waals surface area contributed by atoms with Gasteiger partial charge in [-0.05, 0) is 54.5 Å². The van der Waals surface area contributed by atoms with Gasteiger partial charge in [-0.25, -0.2) is 0 Å². The maximum absolute atomic E-state index is 13.8. The number of methoxy groups -OCH3 is 1. The third kappa shape index (κ3) is 4.53. The number of nitrogens with two attached hydrogens (primary N) is 1. The van der Waals surface area contributed by atoms with Crippen molar-refractivity contribution in [2.75, 3.05) is 20.2 Å². The zero-order valence-electron chi connectivity index (χ0n) is 21.6. The second-order valence-electron chi connectivity index (χ2n) is 10.1. The number of nitrogens with one attached hydrogen (secondary N) is 1. The third-order valence-electron chi connectivity index (χ3n) is 8.08. The summed E-state index contributed by atoms with van der Waals surface area (Å²) < 4.78 is 5.31. The van der Waals surface area contributed by atoms with Crippen molar-refractivity contribution in [3.63, 3.8) is 0 Å². The van der Waals surface area contributed by atoms with Gasteiger partial charge >= 0.3 is 0 Å². The van der Waals surface area contributed by atoms with E-state index in [1.165, 1.54) is 0 Å². The number of hydrogen-bond acceptors (Lipinski definition) is 4. The standard InChI is InChI=1S/C31H33N3O4/c1-38-27-14-8-6-12-25(27)28(35)33-22-16-19-34(20-17-22)29(36)24-15-18-31(30(32)37,21-9-3-2-4-10-21)26-13-7-5-11-23(24)26/h2-14,22,24H,15-20H2,1H3,(H2,32,37)(H,33,35)/t24?,31-/m0/s1. The highest BCUT2D eigenvalue weighted by molar-refractivity contribution is 5.97. The number of likely N-dealkylation sites (tertiary alicyclic amines) is 1. The molecule has 196 valence electrons. The van der Waals surface area contributed by atoms with Crippen LogP contribution in [0, 0.1) is 0 Å². The number of carbonyl (C=O) groups excluding carboxylic acids is 3. The highest BCUT2D eigenvalue weighted by Crippen LogP contribution is 2.47. The Kier molecular flexibility index (Phi) is 7.18. The van der Waals surface area contributed by atoms with Crippen molar-refractivity contribution < 1.29 is 19.1 Å². The number of piperidine rings is 1. The van der Waals surface area contributed by atoms with Crippen LogP contribution in [0.4, 0.5) is 0 Å². The molecule has 0 spiro atoms. The lowest BCUT2D eigenvalue weighted by Gasteiger charge is -2.42. The lowest BCUT2D eigenvalue weighted by Crippen LogP contribution is -2.50. The molecular formula is C31H33N3O4. The zero-order valence-corrected chi connectivity index (χ0v) is 21.6. The first-order valence-corrected chi connectivity index (χ1v) is 13.1. The fourth-order valence-electron chi connectivity index (χ4n) is 6.08. The molecule has 3 N–H and O–H groups in total. The summed E-state index contributed by atoms with van der Waals surface area (Å²) in [5.74, 6) is -0.290. The normalized spacial score (nSPS) is 21.3. The van der Waals surface area contributed by atoms with Crippen molar-refractivity contribution in [2.24, 2.45) is 5.73 Å². The molecular weight excluding hydrogens is 478 g/mol. The lowest BCUT2D eigenvalue weighted by molar-refractivity contribution is -0.135. The molecule has 5 rings (SSSR count). The van der Waals surface area contributed by atoms with Gasteiger partial charge < -0.3 is 20.7 Å². The SMILES string of the molecule is COc1ccccc1C(=O)NC1CCN(C(=O)C2CC[C@](C(N)=O)(c3ccccc3)c3ccccc32)CC1. The van der Waals surface area contributed by atoms with Gasteiger partial charge in [-0.2, -0.15) is 0 Å². The van der Waals surface area contributed by atoms with Crippen LogP contribution < -0.4 is 15.8 Å². The Balaban J connectivity index is 1.30. The van der Waals surface area contributed by atoms with Gasteiger partial charge in [-0.15, -0.1) is 0 Å². The van der Waals surface area contributed by atoms with Gasteiger partial charge in [0.2, 0.25) is 11.8 Å². The van der Waals surface area contributed by atoms with Gasteiger partial charge in [0, 0.05) is 19.1 Å². The summed E-state index contributed by atoms with van der Waals surface area (Å²) in [6, 6.07) is 24.5. The van der Waals surface area contributed by atoms with E-state index in [4.69, 9.17) is 10.5 Å².